The second-order valence-electron chi connectivity index (χ2n) is 5.02. The molecule has 0 aliphatic rings. The fourth-order valence-electron chi connectivity index (χ4n) is 2.21. The van der Waals surface area contributed by atoms with Gasteiger partial charge in [0, 0.05) is 13.1 Å². The molecule has 1 unspecified atom stereocenters. The third-order valence-electron chi connectivity index (χ3n) is 3.22. The van der Waals surface area contributed by atoms with Gasteiger partial charge in [0.1, 0.15) is 5.54 Å². The second-order valence-corrected chi connectivity index (χ2v) is 5.02. The van der Waals surface area contributed by atoms with E-state index >= 15 is 0 Å². The molecule has 6 heteroatoms. The topological polar surface area (TPSA) is 39.1 Å². The van der Waals surface area contributed by atoms with E-state index in [1.807, 2.05) is 37.3 Å². The van der Waals surface area contributed by atoms with Gasteiger partial charge in [-0.25, -0.2) is 0 Å². The number of hydrogen-bond donors (Lipinski definition) is 1. The van der Waals surface area contributed by atoms with Gasteiger partial charge >= 0.3 is 6.18 Å². The van der Waals surface area contributed by atoms with Crippen LogP contribution in [0.5, 0.6) is 0 Å². The molecular weight excluding hydrogens is 279 g/mol. The predicted octanol–water partition coefficient (Wildman–Crippen LogP) is 2.90. The number of nitrogens with zero attached hydrogens (tertiary/aromatic N) is 2. The third kappa shape index (κ3) is 5.37. The highest BCUT2D eigenvalue weighted by Gasteiger charge is 2.34. The van der Waals surface area contributed by atoms with E-state index in [2.05, 4.69) is 11.4 Å². The molecule has 0 aromatic heterocycles. The SMILES string of the molecule is CCNC(C#N)(CN(C)CCC(F)(F)F)c1ccccc1. The van der Waals surface area contributed by atoms with Gasteiger partial charge in [-0.2, -0.15) is 18.4 Å². The maximum atomic E-state index is 12.3. The number of likely N-dealkylation sites (N-methyl/N-ethyl adjacent to an activating group) is 2. The van der Waals surface area contributed by atoms with E-state index in [9.17, 15) is 18.4 Å². The quantitative estimate of drug-likeness (QED) is 0.841. The minimum absolute atomic E-state index is 0.134. The first kappa shape index (κ1) is 17.5. The fraction of sp³-hybridized carbons (Fsp3) is 0.533. The van der Waals surface area contributed by atoms with Crippen LogP contribution in [-0.4, -0.2) is 37.8 Å². The van der Waals surface area contributed by atoms with Crippen molar-refractivity contribution in [2.75, 3.05) is 26.7 Å². The van der Waals surface area contributed by atoms with Gasteiger partial charge in [-0.15, -0.1) is 0 Å². The van der Waals surface area contributed by atoms with Crippen LogP contribution in [0, 0.1) is 11.3 Å². The molecule has 0 radical (unpaired) electrons. The van der Waals surface area contributed by atoms with Crippen LogP contribution in [-0.2, 0) is 5.54 Å². The Balaban J connectivity index is 2.87. The molecule has 1 aromatic carbocycles. The van der Waals surface area contributed by atoms with E-state index < -0.39 is 18.1 Å². The van der Waals surface area contributed by atoms with Gasteiger partial charge < -0.3 is 4.90 Å². The molecule has 0 amide bonds. The number of hydrogen-bond acceptors (Lipinski definition) is 3. The Morgan fingerprint density at radius 2 is 1.86 bits per heavy atom. The molecule has 0 fully saturated rings. The highest BCUT2D eigenvalue weighted by Crippen LogP contribution is 2.23. The Kier molecular flexibility index (Phi) is 6.19. The average molecular weight is 299 g/mol. The molecule has 1 N–H and O–H groups in total. The molecule has 3 nitrogen and oxygen atoms in total. The molecule has 21 heavy (non-hydrogen) atoms. The lowest BCUT2D eigenvalue weighted by molar-refractivity contribution is -0.137. The van der Waals surface area contributed by atoms with Crippen molar-refractivity contribution in [1.82, 2.24) is 10.2 Å². The van der Waals surface area contributed by atoms with Crippen molar-refractivity contribution in [2.45, 2.75) is 25.1 Å². The van der Waals surface area contributed by atoms with Crippen LogP contribution in [0.2, 0.25) is 0 Å². The van der Waals surface area contributed by atoms with E-state index in [1.54, 1.807) is 7.05 Å². The second kappa shape index (κ2) is 7.43. The zero-order valence-corrected chi connectivity index (χ0v) is 12.2. The molecule has 0 bridgehead atoms. The Morgan fingerprint density at radius 3 is 2.33 bits per heavy atom. The van der Waals surface area contributed by atoms with Gasteiger partial charge in [0.25, 0.3) is 0 Å². The van der Waals surface area contributed by atoms with Crippen LogP contribution in [0.15, 0.2) is 30.3 Å². The predicted molar refractivity (Wildman–Crippen MR) is 75.6 cm³/mol. The van der Waals surface area contributed by atoms with E-state index in [4.69, 9.17) is 0 Å². The highest BCUT2D eigenvalue weighted by molar-refractivity contribution is 5.32. The summed E-state index contributed by atoms with van der Waals surface area (Å²) in [7, 11) is 1.60. The van der Waals surface area contributed by atoms with Crippen molar-refractivity contribution in [2.24, 2.45) is 0 Å². The van der Waals surface area contributed by atoms with E-state index in [-0.39, 0.29) is 13.1 Å². The van der Waals surface area contributed by atoms with Crippen LogP contribution in [0.4, 0.5) is 13.2 Å². The molecule has 1 aromatic rings. The molecule has 0 aliphatic carbocycles. The maximum Gasteiger partial charge on any atom is 0.390 e. The number of benzene rings is 1. The van der Waals surface area contributed by atoms with Gasteiger partial charge in [0.15, 0.2) is 0 Å². The van der Waals surface area contributed by atoms with Crippen LogP contribution in [0.1, 0.15) is 18.9 Å². The molecule has 0 heterocycles. The van der Waals surface area contributed by atoms with Crippen LogP contribution < -0.4 is 5.32 Å². The standard InChI is InChI=1S/C15H20F3N3/c1-3-20-14(11-19,13-7-5-4-6-8-13)12-21(2)10-9-15(16,17)18/h4-8,20H,3,9-10,12H2,1-2H3. The van der Waals surface area contributed by atoms with Crippen molar-refractivity contribution in [3.8, 4) is 6.07 Å². The first-order valence-electron chi connectivity index (χ1n) is 6.80. The highest BCUT2D eigenvalue weighted by atomic mass is 19.4. The maximum absolute atomic E-state index is 12.3. The summed E-state index contributed by atoms with van der Waals surface area (Å²) in [6.45, 7) is 2.48. The van der Waals surface area contributed by atoms with E-state index in [1.165, 1.54) is 4.90 Å². The molecule has 0 saturated heterocycles. The third-order valence-corrected chi connectivity index (χ3v) is 3.22. The van der Waals surface area contributed by atoms with Crippen molar-refractivity contribution in [3.05, 3.63) is 35.9 Å². The minimum atomic E-state index is -4.19. The zero-order valence-electron chi connectivity index (χ0n) is 12.2. The van der Waals surface area contributed by atoms with Crippen molar-refractivity contribution >= 4 is 0 Å². The normalized spacial score (nSPS) is 14.7. The summed E-state index contributed by atoms with van der Waals surface area (Å²) in [5.41, 5.74) is -0.246. The number of alkyl halides is 3. The van der Waals surface area contributed by atoms with Crippen LogP contribution in [0.3, 0.4) is 0 Å². The van der Waals surface area contributed by atoms with Gasteiger partial charge in [-0.1, -0.05) is 37.3 Å². The molecule has 1 rings (SSSR count). The minimum Gasteiger partial charge on any atom is -0.303 e. The van der Waals surface area contributed by atoms with Gasteiger partial charge in [0.05, 0.1) is 12.5 Å². The van der Waals surface area contributed by atoms with Crippen molar-refractivity contribution in [1.29, 1.82) is 5.26 Å². The van der Waals surface area contributed by atoms with E-state index in [0.29, 0.717) is 6.54 Å². The molecule has 0 saturated carbocycles. The smallest absolute Gasteiger partial charge is 0.303 e. The molecular formula is C15H20F3N3. The summed E-state index contributed by atoms with van der Waals surface area (Å²) < 4.78 is 36.9. The summed E-state index contributed by atoms with van der Waals surface area (Å²) in [5, 5.41) is 12.7. The van der Waals surface area contributed by atoms with Crippen molar-refractivity contribution < 1.29 is 13.2 Å². The first-order valence-corrected chi connectivity index (χ1v) is 6.80. The monoisotopic (exact) mass is 299 g/mol. The molecule has 1 atom stereocenters. The first-order chi connectivity index (χ1) is 9.83. The Labute approximate surface area is 123 Å². The van der Waals surface area contributed by atoms with Gasteiger partial charge in [-0.3, -0.25) is 5.32 Å². The Morgan fingerprint density at radius 1 is 1.24 bits per heavy atom. The summed E-state index contributed by atoms with van der Waals surface area (Å²) >= 11 is 0. The number of nitriles is 1. The summed E-state index contributed by atoms with van der Waals surface area (Å²) in [4.78, 5) is 1.53. The number of rotatable bonds is 7. The van der Waals surface area contributed by atoms with Crippen LogP contribution >= 0.6 is 0 Å². The summed E-state index contributed by atoms with van der Waals surface area (Å²) in [6.07, 6.45) is -5.07. The van der Waals surface area contributed by atoms with Crippen LogP contribution in [0.25, 0.3) is 0 Å². The summed E-state index contributed by atoms with van der Waals surface area (Å²) in [5.74, 6) is 0. The zero-order chi connectivity index (χ0) is 15.9. The lowest BCUT2D eigenvalue weighted by Gasteiger charge is -2.32. The Bertz CT molecular complexity index is 467. The Hall–Kier alpha value is -1.58. The fourth-order valence-corrected chi connectivity index (χ4v) is 2.21. The molecule has 116 valence electrons. The lowest BCUT2D eigenvalue weighted by Crippen LogP contribution is -2.49. The lowest BCUT2D eigenvalue weighted by atomic mass is 9.90. The molecule has 0 aliphatic heterocycles. The number of halogens is 3. The largest absolute Gasteiger partial charge is 0.390 e. The molecule has 0 spiro atoms. The van der Waals surface area contributed by atoms with E-state index in [0.717, 1.165) is 5.56 Å². The average Bonchev–Trinajstić information content (AvgIpc) is 2.45. The van der Waals surface area contributed by atoms with Crippen molar-refractivity contribution in [3.63, 3.8) is 0 Å². The number of nitrogens with one attached hydrogen (secondary N) is 1. The van der Waals surface area contributed by atoms with Gasteiger partial charge in [0.2, 0.25) is 0 Å². The van der Waals surface area contributed by atoms with Gasteiger partial charge in [-0.05, 0) is 19.2 Å². The summed E-state index contributed by atoms with van der Waals surface area (Å²) in [6, 6.07) is 11.3.